The Morgan fingerprint density at radius 3 is 2.50 bits per heavy atom. The molecule has 1 fully saturated rings. The molecule has 5 rings (SSSR count). The molecule has 0 bridgehead atoms. The van der Waals surface area contributed by atoms with Crippen LogP contribution in [0.4, 0.5) is 11.8 Å². The number of nitrogens with zero attached hydrogens (tertiary/aromatic N) is 3. The molecule has 5 nitrogen and oxygen atoms in total. The molecule has 34 heavy (non-hydrogen) atoms. The van der Waals surface area contributed by atoms with Gasteiger partial charge in [0, 0.05) is 18.0 Å². The van der Waals surface area contributed by atoms with Crippen molar-refractivity contribution >= 4 is 11.8 Å². The first-order valence-electron chi connectivity index (χ1n) is 12.8. The van der Waals surface area contributed by atoms with Crippen molar-refractivity contribution in [3.63, 3.8) is 0 Å². The summed E-state index contributed by atoms with van der Waals surface area (Å²) in [7, 11) is 0. The number of pyridine rings is 1. The minimum absolute atomic E-state index is 0.508. The molecule has 1 aromatic carbocycles. The van der Waals surface area contributed by atoms with Crippen molar-refractivity contribution in [1.82, 2.24) is 15.0 Å². The van der Waals surface area contributed by atoms with Crippen LogP contribution in [0.5, 0.6) is 5.75 Å². The molecule has 0 amide bonds. The number of hydrogen-bond acceptors (Lipinski definition) is 5. The van der Waals surface area contributed by atoms with Gasteiger partial charge >= 0.3 is 0 Å². The molecule has 1 atom stereocenters. The minimum atomic E-state index is 0.508. The largest absolute Gasteiger partial charge is 0.493 e. The van der Waals surface area contributed by atoms with Crippen molar-refractivity contribution in [2.24, 2.45) is 5.92 Å². The number of anilines is 2. The summed E-state index contributed by atoms with van der Waals surface area (Å²) in [5.74, 6) is 4.15. The fourth-order valence-electron chi connectivity index (χ4n) is 5.61. The van der Waals surface area contributed by atoms with Gasteiger partial charge in [0.25, 0.3) is 0 Å². The molecule has 178 valence electrons. The summed E-state index contributed by atoms with van der Waals surface area (Å²) in [4.78, 5) is 14.1. The van der Waals surface area contributed by atoms with E-state index in [1.807, 2.05) is 12.4 Å². The van der Waals surface area contributed by atoms with Crippen LogP contribution in [0.3, 0.4) is 0 Å². The molecule has 1 N–H and O–H groups in total. The summed E-state index contributed by atoms with van der Waals surface area (Å²) in [6.07, 6.45) is 11.6. The van der Waals surface area contributed by atoms with Gasteiger partial charge in [0.1, 0.15) is 11.6 Å². The van der Waals surface area contributed by atoms with Crippen LogP contribution in [-0.2, 0) is 0 Å². The van der Waals surface area contributed by atoms with E-state index in [9.17, 15) is 0 Å². The van der Waals surface area contributed by atoms with Crippen molar-refractivity contribution in [3.05, 3.63) is 58.9 Å². The second-order valence-corrected chi connectivity index (χ2v) is 10.4. The van der Waals surface area contributed by atoms with Crippen molar-refractivity contribution < 1.29 is 4.74 Å². The third kappa shape index (κ3) is 4.66. The van der Waals surface area contributed by atoms with Crippen LogP contribution < -0.4 is 10.1 Å². The molecule has 1 aliphatic heterocycles. The van der Waals surface area contributed by atoms with Gasteiger partial charge in [-0.1, -0.05) is 39.2 Å². The van der Waals surface area contributed by atoms with E-state index >= 15 is 0 Å². The highest BCUT2D eigenvalue weighted by atomic mass is 16.5. The van der Waals surface area contributed by atoms with E-state index in [-0.39, 0.29) is 0 Å². The molecule has 1 unspecified atom stereocenters. The summed E-state index contributed by atoms with van der Waals surface area (Å²) < 4.78 is 6.06. The minimum Gasteiger partial charge on any atom is -0.493 e. The van der Waals surface area contributed by atoms with Gasteiger partial charge in [-0.2, -0.15) is 0 Å². The number of hydrogen-bond donors (Lipinski definition) is 1. The lowest BCUT2D eigenvalue weighted by atomic mass is 9.82. The number of aromatic nitrogens is 3. The lowest BCUT2D eigenvalue weighted by Gasteiger charge is -2.30. The zero-order valence-electron chi connectivity index (χ0n) is 20.9. The molecule has 2 aromatic heterocycles. The average Bonchev–Trinajstić information content (AvgIpc) is 2.86. The number of aryl methyl sites for hydroxylation is 2. The molecule has 0 radical (unpaired) electrons. The third-order valence-corrected chi connectivity index (χ3v) is 7.53. The summed E-state index contributed by atoms with van der Waals surface area (Å²) >= 11 is 0. The Bertz CT molecular complexity index is 1150. The first-order valence-corrected chi connectivity index (χ1v) is 12.8. The lowest BCUT2D eigenvalue weighted by molar-refractivity contribution is 0.246. The summed E-state index contributed by atoms with van der Waals surface area (Å²) in [6, 6.07) is 8.74. The Hall–Kier alpha value is -2.95. The van der Waals surface area contributed by atoms with E-state index in [0.29, 0.717) is 23.7 Å². The second kappa shape index (κ2) is 9.73. The Balaban J connectivity index is 1.41. The molecule has 1 saturated carbocycles. The van der Waals surface area contributed by atoms with E-state index in [2.05, 4.69) is 67.2 Å². The number of nitrogens with one attached hydrogen (secondary N) is 1. The zero-order chi connectivity index (χ0) is 23.7. The standard InChI is InChI=1S/C29H36N4O/c1-18(2)24-12-13-34-28-19(3)14-23(15-25(24)28)27-20(4)16-31-29(33-27)32-26-11-10-22(17-30-26)21-8-6-5-7-9-21/h10-11,14-18,21,24H,5-9,12-13H2,1-4H3,(H,30,31,32,33). The van der Waals surface area contributed by atoms with Gasteiger partial charge in [0.05, 0.1) is 12.3 Å². The maximum absolute atomic E-state index is 6.06. The predicted octanol–water partition coefficient (Wildman–Crippen LogP) is 7.47. The third-order valence-electron chi connectivity index (χ3n) is 7.53. The second-order valence-electron chi connectivity index (χ2n) is 10.4. The van der Waals surface area contributed by atoms with Gasteiger partial charge in [0.2, 0.25) is 5.95 Å². The quantitative estimate of drug-likeness (QED) is 0.431. The van der Waals surface area contributed by atoms with Gasteiger partial charge in [-0.05, 0) is 91.3 Å². The summed E-state index contributed by atoms with van der Waals surface area (Å²) in [6.45, 7) is 9.60. The maximum Gasteiger partial charge on any atom is 0.228 e. The molecule has 1 aliphatic carbocycles. The SMILES string of the molecule is Cc1cnc(Nc2ccc(C3CCCCC3)cn2)nc1-c1cc(C)c2c(c1)C(C(C)C)CCO2. The van der Waals surface area contributed by atoms with Gasteiger partial charge in [0.15, 0.2) is 0 Å². The van der Waals surface area contributed by atoms with Crippen LogP contribution in [0.1, 0.15) is 86.5 Å². The number of benzene rings is 1. The van der Waals surface area contributed by atoms with Crippen LogP contribution in [0.25, 0.3) is 11.3 Å². The highest BCUT2D eigenvalue weighted by Gasteiger charge is 2.26. The Labute approximate surface area is 203 Å². The van der Waals surface area contributed by atoms with Crippen LogP contribution >= 0.6 is 0 Å². The fraction of sp³-hybridized carbons (Fsp3) is 0.483. The normalized spacial score (nSPS) is 18.4. The molecule has 0 saturated heterocycles. The molecular weight excluding hydrogens is 420 g/mol. The number of ether oxygens (including phenoxy) is 1. The van der Waals surface area contributed by atoms with Crippen molar-refractivity contribution in [2.45, 2.75) is 78.1 Å². The summed E-state index contributed by atoms with van der Waals surface area (Å²) in [5.41, 5.74) is 6.96. The predicted molar refractivity (Wildman–Crippen MR) is 138 cm³/mol. The van der Waals surface area contributed by atoms with Crippen molar-refractivity contribution in [3.8, 4) is 17.0 Å². The van der Waals surface area contributed by atoms with E-state index in [1.165, 1.54) is 48.8 Å². The Morgan fingerprint density at radius 2 is 1.76 bits per heavy atom. The number of fused-ring (bicyclic) bond motifs is 1. The molecule has 0 spiro atoms. The van der Waals surface area contributed by atoms with Gasteiger partial charge in [-0.3, -0.25) is 0 Å². The Morgan fingerprint density at radius 1 is 0.941 bits per heavy atom. The molecule has 5 heteroatoms. The molecule has 3 aromatic rings. The lowest BCUT2D eigenvalue weighted by Crippen LogP contribution is -2.19. The van der Waals surface area contributed by atoms with Crippen molar-refractivity contribution in [2.75, 3.05) is 11.9 Å². The van der Waals surface area contributed by atoms with Crippen LogP contribution in [0, 0.1) is 19.8 Å². The number of rotatable bonds is 5. The molecular formula is C29H36N4O. The smallest absolute Gasteiger partial charge is 0.228 e. The van der Waals surface area contributed by atoms with E-state index in [4.69, 9.17) is 9.72 Å². The van der Waals surface area contributed by atoms with Crippen LogP contribution in [0.2, 0.25) is 0 Å². The van der Waals surface area contributed by atoms with Gasteiger partial charge < -0.3 is 10.1 Å². The van der Waals surface area contributed by atoms with Gasteiger partial charge in [-0.15, -0.1) is 0 Å². The van der Waals surface area contributed by atoms with E-state index in [0.717, 1.165) is 41.4 Å². The van der Waals surface area contributed by atoms with Crippen LogP contribution in [0.15, 0.2) is 36.7 Å². The molecule has 2 aliphatic rings. The molecule has 3 heterocycles. The zero-order valence-corrected chi connectivity index (χ0v) is 20.9. The first-order chi connectivity index (χ1) is 16.5. The van der Waals surface area contributed by atoms with Crippen molar-refractivity contribution in [1.29, 1.82) is 0 Å². The Kier molecular flexibility index (Phi) is 6.53. The monoisotopic (exact) mass is 456 g/mol. The highest BCUT2D eigenvalue weighted by Crippen LogP contribution is 2.42. The highest BCUT2D eigenvalue weighted by molar-refractivity contribution is 5.69. The fourth-order valence-corrected chi connectivity index (χ4v) is 5.61. The van der Waals surface area contributed by atoms with Gasteiger partial charge in [-0.25, -0.2) is 15.0 Å². The van der Waals surface area contributed by atoms with Crippen LogP contribution in [-0.4, -0.2) is 21.6 Å². The topological polar surface area (TPSA) is 59.9 Å². The van der Waals surface area contributed by atoms with E-state index < -0.39 is 0 Å². The summed E-state index contributed by atoms with van der Waals surface area (Å²) in [5, 5.41) is 3.32. The maximum atomic E-state index is 6.06. The first kappa shape index (κ1) is 22.8. The average molecular weight is 457 g/mol. The van der Waals surface area contributed by atoms with E-state index in [1.54, 1.807) is 0 Å².